The second kappa shape index (κ2) is 22.5. The number of pyridine rings is 4. The minimum Gasteiger partial charge on any atom is -1.00 e. The molecule has 9 aromatic rings. The molecule has 1 radical (unpaired) electrons. The predicted octanol–water partition coefficient (Wildman–Crippen LogP) is -4.83. The van der Waals surface area contributed by atoms with Crippen molar-refractivity contribution < 1.29 is 85.0 Å². The van der Waals surface area contributed by atoms with E-state index in [0.29, 0.717) is 0 Å². The first-order chi connectivity index (χ1) is 33.6. The first-order valence-electron chi connectivity index (χ1n) is 23.3. The molecule has 4 aliphatic rings. The van der Waals surface area contributed by atoms with Crippen LogP contribution in [0.2, 0.25) is 0 Å². The number of fused-ring (bicyclic) bond motifs is 18. The van der Waals surface area contributed by atoms with Crippen molar-refractivity contribution in [3.05, 3.63) is 256 Å². The Morgan fingerprint density at radius 1 is 0.384 bits per heavy atom. The molecule has 0 saturated heterocycles. The molecular weight excluding hydrogens is 1050 g/mol. The molecule has 4 unspecified atom stereocenters. The van der Waals surface area contributed by atoms with Crippen molar-refractivity contribution in [2.45, 2.75) is 50.8 Å². The fraction of sp³-hybridized carbons (Fsp3) is 0.143. The van der Waals surface area contributed by atoms with Crippen molar-refractivity contribution in [1.29, 1.82) is 0 Å². The number of rotatable bonds is 8. The molecule has 0 aliphatic carbocycles. The van der Waals surface area contributed by atoms with Crippen molar-refractivity contribution in [2.75, 3.05) is 10.6 Å². The average molecular weight is 1090 g/mol. The Morgan fingerprint density at radius 3 is 1.34 bits per heavy atom. The number of amidine groups is 2. The van der Waals surface area contributed by atoms with E-state index >= 15 is 0 Å². The number of hydrogen-bond donors (Lipinski definition) is 4. The molecule has 0 spiro atoms. The molecule has 13 rings (SSSR count). The Bertz CT molecular complexity index is 3440. The second-order valence-corrected chi connectivity index (χ2v) is 18.0. The molecule has 4 N–H and O–H groups in total. The third-order valence-corrected chi connectivity index (χ3v) is 13.4. The summed E-state index contributed by atoms with van der Waals surface area (Å²) in [5.41, 5.74) is 11.2. The minimum absolute atomic E-state index is 0. The summed E-state index contributed by atoms with van der Waals surface area (Å²) in [6, 6.07) is 51.5. The summed E-state index contributed by atoms with van der Waals surface area (Å²) < 4.78 is 8.78. The summed E-state index contributed by atoms with van der Waals surface area (Å²) >= 11 is 0. The molecule has 371 valence electrons. The summed E-state index contributed by atoms with van der Waals surface area (Å²) in [6.45, 7) is 2.92. The Labute approximate surface area is 459 Å². The number of nitrogens with zero attached hydrogens (tertiary/aromatic N) is 8. The summed E-state index contributed by atoms with van der Waals surface area (Å²) in [7, 11) is 0. The van der Waals surface area contributed by atoms with E-state index in [1.54, 1.807) is 0 Å². The molecule has 4 atom stereocenters. The van der Waals surface area contributed by atoms with E-state index in [-0.39, 0.29) is 79.0 Å². The minimum atomic E-state index is -0.417. The van der Waals surface area contributed by atoms with Crippen LogP contribution in [0.4, 0.5) is 11.6 Å². The van der Waals surface area contributed by atoms with E-state index < -0.39 is 12.3 Å². The summed E-state index contributed by atoms with van der Waals surface area (Å²) in [5, 5.41) is 23.0. The molecule has 4 aromatic carbocycles. The van der Waals surface area contributed by atoms with Gasteiger partial charge in [-0.25, -0.2) is 18.3 Å². The van der Waals surface area contributed by atoms with Gasteiger partial charge < -0.3 is 81.2 Å². The van der Waals surface area contributed by atoms with Crippen LogP contribution < -0.4 is 94.1 Å². The van der Waals surface area contributed by atoms with Gasteiger partial charge in [-0.2, -0.15) is 0 Å². The van der Waals surface area contributed by atoms with Gasteiger partial charge in [0.15, 0.2) is 75.8 Å². The fourth-order valence-electron chi connectivity index (χ4n) is 10.1. The normalized spacial score (nSPS) is 17.3. The van der Waals surface area contributed by atoms with Crippen LogP contribution in [0.15, 0.2) is 205 Å². The van der Waals surface area contributed by atoms with E-state index in [0.717, 1.165) is 93.6 Å². The maximum atomic E-state index is 5.53. The number of nitrogens with one attached hydrogen (secondary N) is 4. The maximum absolute atomic E-state index is 5.53. The number of hydrogen-bond acceptors (Lipinski definition) is 6. The number of anilines is 2. The van der Waals surface area contributed by atoms with Crippen molar-refractivity contribution in [3.63, 3.8) is 0 Å². The van der Waals surface area contributed by atoms with Gasteiger partial charge in [-0.1, -0.05) is 72.8 Å². The SMILES string of the molecule is [Cl-].[Cl-].[Cl-].[Cl-].[Cu+2].c1cc[n+](Cc2ccc3c(c2)C2=NC3Nc3[n-]c(c4ccc(C[n+]5ccccc5)cc34)NC3N=C(NC4[N-]C(N2)c2ccc(C[n+]5ccccc5)cc24)c2ccc(C[n+]4ccccc4)cc23)cc1. The summed E-state index contributed by atoms with van der Waals surface area (Å²) in [4.78, 5) is 16.3. The Balaban J connectivity index is 0.00000142. The number of halogens is 4. The smallest absolute Gasteiger partial charge is 1.00 e. The number of aromatic nitrogens is 5. The monoisotopic (exact) mass is 1090 g/mol. The van der Waals surface area contributed by atoms with Gasteiger partial charge in [0, 0.05) is 93.5 Å². The zero-order valence-corrected chi connectivity index (χ0v) is 43.0. The van der Waals surface area contributed by atoms with E-state index in [2.05, 4.69) is 210 Å². The summed E-state index contributed by atoms with van der Waals surface area (Å²) in [5.74, 6) is 3.09. The van der Waals surface area contributed by atoms with E-state index in [1.807, 2.05) is 24.3 Å². The van der Waals surface area contributed by atoms with Crippen molar-refractivity contribution in [1.82, 2.24) is 15.6 Å². The first-order valence-corrected chi connectivity index (χ1v) is 23.3. The van der Waals surface area contributed by atoms with Crippen LogP contribution >= 0.6 is 0 Å². The second-order valence-electron chi connectivity index (χ2n) is 18.0. The average Bonchev–Trinajstić information content (AvgIpc) is 4.10. The van der Waals surface area contributed by atoms with Gasteiger partial charge in [0.1, 0.15) is 24.0 Å². The molecule has 5 aromatic heterocycles. The molecule has 0 fully saturated rings. The van der Waals surface area contributed by atoms with Gasteiger partial charge in [-0.05, 0) is 69.6 Å². The predicted molar refractivity (Wildman–Crippen MR) is 260 cm³/mol. The van der Waals surface area contributed by atoms with Crippen molar-refractivity contribution in [2.24, 2.45) is 9.98 Å². The largest absolute Gasteiger partial charge is 2.00 e. The van der Waals surface area contributed by atoms with Crippen molar-refractivity contribution >= 4 is 34.1 Å². The van der Waals surface area contributed by atoms with E-state index in [9.17, 15) is 0 Å². The zero-order valence-electron chi connectivity index (χ0n) is 39.0. The third kappa shape index (κ3) is 10.5. The van der Waals surface area contributed by atoms with Gasteiger partial charge in [-0.3, -0.25) is 9.98 Å². The van der Waals surface area contributed by atoms with E-state index in [4.69, 9.17) is 20.3 Å². The van der Waals surface area contributed by atoms with Gasteiger partial charge in [0.05, 0.1) is 0 Å². The Morgan fingerprint density at radius 2 is 0.795 bits per heavy atom. The molecule has 8 bridgehead atoms. The fourth-order valence-corrected chi connectivity index (χ4v) is 10.1. The topological polar surface area (TPSA) is 117 Å². The van der Waals surface area contributed by atoms with Crippen LogP contribution in [0, 0.1) is 0 Å². The first kappa shape index (κ1) is 52.5. The number of benzene rings is 4. The van der Waals surface area contributed by atoms with Gasteiger partial charge in [-0.15, -0.1) is 0 Å². The molecule has 0 saturated carbocycles. The van der Waals surface area contributed by atoms with Crippen LogP contribution in [0.3, 0.4) is 0 Å². The third-order valence-electron chi connectivity index (χ3n) is 13.4. The van der Waals surface area contributed by atoms with Crippen LogP contribution in [0.25, 0.3) is 16.1 Å². The van der Waals surface area contributed by atoms with Crippen LogP contribution in [0.5, 0.6) is 0 Å². The molecule has 12 nitrogen and oxygen atoms in total. The maximum Gasteiger partial charge on any atom is 2.00 e. The number of aliphatic imine (C=N–C) groups is 2. The zero-order chi connectivity index (χ0) is 45.0. The molecule has 17 heteroatoms. The van der Waals surface area contributed by atoms with Crippen LogP contribution in [-0.4, -0.2) is 11.7 Å². The molecule has 73 heavy (non-hydrogen) atoms. The van der Waals surface area contributed by atoms with Crippen molar-refractivity contribution in [3.8, 4) is 0 Å². The van der Waals surface area contributed by atoms with E-state index in [1.165, 1.54) is 22.3 Å². The quantitative estimate of drug-likeness (QED) is 0.0903. The molecule has 4 aliphatic heterocycles. The van der Waals surface area contributed by atoms with Crippen LogP contribution in [-0.2, 0) is 43.2 Å². The molecular formula is C56H48Cl4CuN12. The van der Waals surface area contributed by atoms with Gasteiger partial charge >= 0.3 is 17.1 Å². The van der Waals surface area contributed by atoms with Crippen LogP contribution in [0.1, 0.15) is 80.3 Å². The molecule has 0 amide bonds. The summed E-state index contributed by atoms with van der Waals surface area (Å²) in [6.07, 6.45) is 15.2. The Kier molecular flexibility index (Phi) is 16.2. The van der Waals surface area contributed by atoms with Gasteiger partial charge in [0.25, 0.3) is 0 Å². The molecule has 9 heterocycles. The van der Waals surface area contributed by atoms with Gasteiger partial charge in [0.2, 0.25) is 0 Å². The standard InChI is InChI=1S/C56H48N12.4ClH.Cu/c1-5-21-65(22-6-1)33-37-13-17-41-45(29-37)53-57-49(41)62-54-47-31-39(35-67-25-9-3-10-26-67)15-19-43(47)51(59-54)64-56-48-32-40(36-68-27-11-4-12-28-68)16-20-44(48)52(60-56)63-55-46-30-38(34-66-23-7-2-8-24-66)14-18-42(46)50(58-55)61-53;;;;;/h1-32,49-50,55-56,62,64H,33-36H2,(H,57,61)(H,60,63);4*1H;/q+2;;;;;+2/p-4. The Hall–Kier alpha value is -6.80.